The molecule has 0 aromatic heterocycles. The summed E-state index contributed by atoms with van der Waals surface area (Å²) in [5, 5.41) is 37.3. The Kier molecular flexibility index (Phi) is 3.89. The first-order valence-corrected chi connectivity index (χ1v) is 7.71. The van der Waals surface area contributed by atoms with Crippen LogP contribution in [0, 0.1) is 57.1 Å². The zero-order chi connectivity index (χ0) is 17.3. The van der Waals surface area contributed by atoms with E-state index in [9.17, 15) is 20.2 Å². The molecule has 2 aliphatic rings. The van der Waals surface area contributed by atoms with Gasteiger partial charge in [0.25, 0.3) is 0 Å². The summed E-state index contributed by atoms with van der Waals surface area (Å²) in [5.74, 6) is -2.27. The highest BCUT2D eigenvalue weighted by molar-refractivity contribution is 5.98. The van der Waals surface area contributed by atoms with Gasteiger partial charge in [0, 0.05) is 11.8 Å². The van der Waals surface area contributed by atoms with Gasteiger partial charge in [-0.2, -0.15) is 15.8 Å². The third-order valence-electron chi connectivity index (χ3n) is 5.06. The number of nitrogens with two attached hydrogens (primary N) is 2. The van der Waals surface area contributed by atoms with Crippen molar-refractivity contribution in [3.63, 3.8) is 0 Å². The third-order valence-corrected chi connectivity index (χ3v) is 5.06. The highest BCUT2D eigenvalue weighted by atomic mass is 19.1. The second kappa shape index (κ2) is 5.89. The molecular weight excluding hydrogens is 305 g/mol. The average Bonchev–Trinajstić information content (AvgIpc) is 2.62. The van der Waals surface area contributed by atoms with Gasteiger partial charge in [-0.3, -0.25) is 5.41 Å². The fraction of sp³-hybridized carbons (Fsp3) is 0.333. The maximum Gasteiger partial charge on any atom is 0.231 e. The quantitative estimate of drug-likeness (QED) is 0.674. The summed E-state index contributed by atoms with van der Waals surface area (Å²) < 4.78 is 14.5. The predicted molar refractivity (Wildman–Crippen MR) is 82.1 cm³/mol. The lowest BCUT2D eigenvalue weighted by Crippen LogP contribution is -2.87. The van der Waals surface area contributed by atoms with Crippen LogP contribution in [0.5, 0.6) is 0 Å². The molecule has 1 heterocycles. The van der Waals surface area contributed by atoms with Gasteiger partial charge in [-0.05, 0) is 23.3 Å². The molecule has 0 amide bonds. The molecule has 1 fully saturated rings. The van der Waals surface area contributed by atoms with Gasteiger partial charge in [0.2, 0.25) is 11.1 Å². The molecule has 24 heavy (non-hydrogen) atoms. The van der Waals surface area contributed by atoms with E-state index in [-0.39, 0.29) is 11.6 Å². The molecule has 0 spiro atoms. The van der Waals surface area contributed by atoms with Crippen molar-refractivity contribution in [2.24, 2.45) is 17.3 Å². The fourth-order valence-electron chi connectivity index (χ4n) is 3.95. The minimum atomic E-state index is -1.73. The monoisotopic (exact) mass is 321 g/mol. The summed E-state index contributed by atoms with van der Waals surface area (Å²) in [5.41, 5.74) is -0.624. The maximum atomic E-state index is 14.5. The van der Waals surface area contributed by atoms with E-state index in [4.69, 9.17) is 5.41 Å². The average molecular weight is 321 g/mol. The summed E-state index contributed by atoms with van der Waals surface area (Å²) in [6.07, 6.45) is 1.92. The van der Waals surface area contributed by atoms with Crippen LogP contribution in [0.1, 0.15) is 11.5 Å². The first kappa shape index (κ1) is 15.9. The third kappa shape index (κ3) is 2.03. The van der Waals surface area contributed by atoms with Crippen LogP contribution in [0.3, 0.4) is 0 Å². The number of nitriles is 3. The van der Waals surface area contributed by atoms with Gasteiger partial charge in [-0.1, -0.05) is 18.2 Å². The van der Waals surface area contributed by atoms with Gasteiger partial charge in [0.15, 0.2) is 5.92 Å². The largest absolute Gasteiger partial charge is 0.342 e. The van der Waals surface area contributed by atoms with Crippen molar-refractivity contribution in [1.29, 1.82) is 15.8 Å². The van der Waals surface area contributed by atoms with Gasteiger partial charge in [0.1, 0.15) is 5.82 Å². The Labute approximate surface area is 139 Å². The van der Waals surface area contributed by atoms with Crippen LogP contribution in [-0.4, -0.2) is 18.8 Å². The molecule has 1 saturated carbocycles. The van der Waals surface area contributed by atoms with E-state index in [1.807, 2.05) is 23.5 Å². The second-order valence-electron chi connectivity index (χ2n) is 6.12. The van der Waals surface area contributed by atoms with Crippen LogP contribution in [0.2, 0.25) is 0 Å². The number of rotatable bonds is 1. The maximum absolute atomic E-state index is 14.5. The molecule has 0 unspecified atom stereocenters. The lowest BCUT2D eigenvalue weighted by molar-refractivity contribution is -0.654. The van der Waals surface area contributed by atoms with Crippen molar-refractivity contribution in [1.82, 2.24) is 0 Å². The van der Waals surface area contributed by atoms with Crippen LogP contribution >= 0.6 is 0 Å². The molecule has 3 rings (SSSR count). The van der Waals surface area contributed by atoms with Crippen molar-refractivity contribution in [2.75, 3.05) is 13.1 Å². The van der Waals surface area contributed by atoms with Crippen molar-refractivity contribution in [3.05, 3.63) is 47.3 Å². The van der Waals surface area contributed by atoms with Gasteiger partial charge in [0.05, 0.1) is 31.3 Å². The van der Waals surface area contributed by atoms with Crippen LogP contribution < -0.4 is 10.7 Å². The lowest BCUT2D eigenvalue weighted by atomic mass is 9.54. The molecule has 1 aromatic carbocycles. The normalized spacial score (nSPS) is 27.8. The minimum Gasteiger partial charge on any atom is -0.342 e. The summed E-state index contributed by atoms with van der Waals surface area (Å²) in [7, 11) is 0. The Morgan fingerprint density at radius 2 is 1.92 bits per heavy atom. The van der Waals surface area contributed by atoms with E-state index in [0.29, 0.717) is 18.7 Å². The van der Waals surface area contributed by atoms with Crippen LogP contribution in [0.15, 0.2) is 35.9 Å². The van der Waals surface area contributed by atoms with Gasteiger partial charge in [-0.25, -0.2) is 4.39 Å². The smallest absolute Gasteiger partial charge is 0.231 e. The standard InChI is InChI=1S/C18H14FN5/c19-15-4-2-1-3-12(15)16-14-8-24-6-5-11(14)13(7-20)17(23)18(16,9-21)10-22/h1-5,13-14,16,23-24H,6,8H2/p+2/t13-,14+,16-/m1/s1. The van der Waals surface area contributed by atoms with Gasteiger partial charge < -0.3 is 5.32 Å². The van der Waals surface area contributed by atoms with Crippen molar-refractivity contribution < 1.29 is 15.1 Å². The Balaban J connectivity index is 2.29. The Morgan fingerprint density at radius 1 is 1.21 bits per heavy atom. The SMILES string of the molecule is N#C[C@H]1C(=[NH2+])C(C#N)(C#N)[C@H](c2ccccc2F)[C@H]2C[NH2+]CC=C12. The highest BCUT2D eigenvalue weighted by Crippen LogP contribution is 2.51. The molecule has 4 N–H and O–H groups in total. The zero-order valence-electron chi connectivity index (χ0n) is 12.9. The van der Waals surface area contributed by atoms with Crippen molar-refractivity contribution >= 4 is 5.71 Å². The minimum absolute atomic E-state index is 0.00709. The fourth-order valence-corrected chi connectivity index (χ4v) is 3.95. The van der Waals surface area contributed by atoms with Crippen LogP contribution in [-0.2, 0) is 0 Å². The van der Waals surface area contributed by atoms with E-state index in [1.54, 1.807) is 18.2 Å². The molecule has 3 atom stereocenters. The van der Waals surface area contributed by atoms with E-state index in [2.05, 4.69) is 6.07 Å². The van der Waals surface area contributed by atoms with E-state index in [0.717, 1.165) is 5.57 Å². The molecule has 0 bridgehead atoms. The van der Waals surface area contributed by atoms with Gasteiger partial charge >= 0.3 is 0 Å². The molecule has 1 aliphatic heterocycles. The van der Waals surface area contributed by atoms with Crippen molar-refractivity contribution in [2.45, 2.75) is 5.92 Å². The second-order valence-corrected chi connectivity index (χ2v) is 6.12. The molecule has 118 valence electrons. The van der Waals surface area contributed by atoms with E-state index < -0.39 is 23.1 Å². The van der Waals surface area contributed by atoms with Crippen LogP contribution in [0.4, 0.5) is 4.39 Å². The first-order valence-electron chi connectivity index (χ1n) is 7.71. The van der Waals surface area contributed by atoms with Gasteiger partial charge in [-0.15, -0.1) is 0 Å². The molecule has 5 nitrogen and oxygen atoms in total. The summed E-state index contributed by atoms with van der Waals surface area (Å²) in [6.45, 7) is 1.29. The summed E-state index contributed by atoms with van der Waals surface area (Å²) in [4.78, 5) is 0. The van der Waals surface area contributed by atoms with E-state index in [1.165, 1.54) is 6.07 Å². The number of hydrogen-bond donors (Lipinski definition) is 2. The molecule has 0 radical (unpaired) electrons. The first-order chi connectivity index (χ1) is 11.6. The number of hydrogen-bond acceptors (Lipinski definition) is 3. The number of quaternary nitrogens is 1. The molecule has 1 aliphatic carbocycles. The number of halogens is 1. The number of benzene rings is 1. The Hall–Kier alpha value is -3.01. The number of nitrogens with zero attached hydrogens (tertiary/aromatic N) is 3. The number of fused-ring (bicyclic) bond motifs is 1. The zero-order valence-corrected chi connectivity index (χ0v) is 12.9. The van der Waals surface area contributed by atoms with Crippen molar-refractivity contribution in [3.8, 4) is 18.2 Å². The Bertz CT molecular complexity index is 837. The predicted octanol–water partition coefficient (Wildman–Crippen LogP) is -0.584. The molecule has 1 aromatic rings. The van der Waals surface area contributed by atoms with Crippen LogP contribution in [0.25, 0.3) is 0 Å². The topological polar surface area (TPSA) is 114 Å². The summed E-state index contributed by atoms with van der Waals surface area (Å²) >= 11 is 0. The molecular formula is C18H16FN5+2. The van der Waals surface area contributed by atoms with E-state index >= 15 is 0 Å². The summed E-state index contributed by atoms with van der Waals surface area (Å²) in [6, 6.07) is 12.3. The molecule has 6 heteroatoms. The molecule has 0 saturated heterocycles. The highest BCUT2D eigenvalue weighted by Gasteiger charge is 2.61. The lowest BCUT2D eigenvalue weighted by Gasteiger charge is -2.42. The Morgan fingerprint density at radius 3 is 2.54 bits per heavy atom.